The van der Waals surface area contributed by atoms with Gasteiger partial charge in [-0.25, -0.2) is 4.79 Å². The van der Waals surface area contributed by atoms with E-state index < -0.39 is 11.9 Å². The Bertz CT molecular complexity index is 472. The fourth-order valence-corrected chi connectivity index (χ4v) is 2.91. The molecule has 2 N–H and O–H groups in total. The van der Waals surface area contributed by atoms with Crippen LogP contribution in [0, 0.1) is 0 Å². The summed E-state index contributed by atoms with van der Waals surface area (Å²) in [6.45, 7) is 0.342. The third-order valence-electron chi connectivity index (χ3n) is 3.80. The van der Waals surface area contributed by atoms with Gasteiger partial charge in [0.25, 0.3) is 0 Å². The van der Waals surface area contributed by atoms with Gasteiger partial charge in [-0.2, -0.15) is 0 Å². The maximum atomic E-state index is 11.3. The van der Waals surface area contributed by atoms with E-state index in [4.69, 9.17) is 5.11 Å². The van der Waals surface area contributed by atoms with Crippen LogP contribution in [0.3, 0.4) is 0 Å². The molecule has 1 fully saturated rings. The predicted octanol–water partition coefficient (Wildman–Crippen LogP) is 2.71. The molecule has 0 spiro atoms. The Morgan fingerprint density at radius 2 is 1.89 bits per heavy atom. The van der Waals surface area contributed by atoms with E-state index in [2.05, 4.69) is 0 Å². The molecule has 2 rings (SSSR count). The second kappa shape index (κ2) is 5.91. The highest BCUT2D eigenvalue weighted by Gasteiger charge is 2.25. The number of nitrogens with zero attached hydrogens (tertiary/aromatic N) is 1. The van der Waals surface area contributed by atoms with Gasteiger partial charge in [0, 0.05) is 24.4 Å². The van der Waals surface area contributed by atoms with Crippen molar-refractivity contribution in [2.45, 2.75) is 51.0 Å². The van der Waals surface area contributed by atoms with Gasteiger partial charge in [-0.05, 0) is 18.9 Å². The van der Waals surface area contributed by atoms with Gasteiger partial charge in [0.05, 0.1) is 12.0 Å². The Morgan fingerprint density at radius 3 is 2.47 bits per heavy atom. The fraction of sp³-hybridized carbons (Fsp3) is 0.571. The molecule has 0 atom stereocenters. The molecular formula is C14H19NO4. The van der Waals surface area contributed by atoms with Crippen LogP contribution in [0.2, 0.25) is 0 Å². The number of carboxylic acid groups (broad SMARTS) is 2. The highest BCUT2D eigenvalue weighted by Crippen LogP contribution is 2.35. The van der Waals surface area contributed by atoms with E-state index in [0.29, 0.717) is 12.1 Å². The maximum absolute atomic E-state index is 11.3. The molecule has 0 amide bonds. The van der Waals surface area contributed by atoms with Crippen LogP contribution >= 0.6 is 0 Å². The lowest BCUT2D eigenvalue weighted by atomic mass is 9.85. The zero-order chi connectivity index (χ0) is 13.8. The summed E-state index contributed by atoms with van der Waals surface area (Å²) < 4.78 is 1.81. The van der Waals surface area contributed by atoms with E-state index in [1.165, 1.54) is 6.42 Å². The lowest BCUT2D eigenvalue weighted by molar-refractivity contribution is -0.137. The molecule has 1 aliphatic carbocycles. The van der Waals surface area contributed by atoms with Gasteiger partial charge in [-0.1, -0.05) is 19.3 Å². The minimum atomic E-state index is -0.922. The van der Waals surface area contributed by atoms with Crippen LogP contribution in [-0.2, 0) is 11.3 Å². The zero-order valence-corrected chi connectivity index (χ0v) is 10.8. The molecule has 0 radical (unpaired) electrons. The van der Waals surface area contributed by atoms with Gasteiger partial charge in [-0.3, -0.25) is 4.79 Å². The van der Waals surface area contributed by atoms with Gasteiger partial charge in [0.15, 0.2) is 0 Å². The number of rotatable bonds is 5. The quantitative estimate of drug-likeness (QED) is 0.857. The van der Waals surface area contributed by atoms with E-state index >= 15 is 0 Å². The summed E-state index contributed by atoms with van der Waals surface area (Å²) in [6.07, 6.45) is 7.16. The van der Waals surface area contributed by atoms with Gasteiger partial charge >= 0.3 is 11.9 Å². The Hall–Kier alpha value is -1.78. The molecule has 1 aliphatic rings. The average Bonchev–Trinajstić information content (AvgIpc) is 2.81. The topological polar surface area (TPSA) is 79.5 Å². The van der Waals surface area contributed by atoms with Crippen LogP contribution < -0.4 is 0 Å². The molecule has 104 valence electrons. The molecule has 1 aromatic heterocycles. The molecule has 19 heavy (non-hydrogen) atoms. The van der Waals surface area contributed by atoms with Crippen LogP contribution in [0.25, 0.3) is 0 Å². The van der Waals surface area contributed by atoms with Crippen LogP contribution in [0.15, 0.2) is 12.3 Å². The van der Waals surface area contributed by atoms with Gasteiger partial charge in [0.2, 0.25) is 0 Å². The first kappa shape index (κ1) is 13.6. The number of carbonyl (C=O) groups is 2. The van der Waals surface area contributed by atoms with Crippen molar-refractivity contribution in [3.05, 3.63) is 23.5 Å². The molecule has 1 saturated carbocycles. The lowest BCUT2D eigenvalue weighted by Gasteiger charge is -2.24. The molecule has 0 aliphatic heterocycles. The molecule has 0 aromatic carbocycles. The van der Waals surface area contributed by atoms with Crippen molar-refractivity contribution >= 4 is 11.9 Å². The highest BCUT2D eigenvalue weighted by molar-refractivity contribution is 5.89. The highest BCUT2D eigenvalue weighted by atomic mass is 16.4. The summed E-state index contributed by atoms with van der Waals surface area (Å²) in [5.41, 5.74) is 1.14. The second-order valence-corrected chi connectivity index (χ2v) is 5.09. The maximum Gasteiger partial charge on any atom is 0.337 e. The largest absolute Gasteiger partial charge is 0.481 e. The van der Waals surface area contributed by atoms with Crippen molar-refractivity contribution in [3.8, 4) is 0 Å². The normalized spacial score (nSPS) is 16.4. The Balaban J connectivity index is 2.26. The number of aromatic carboxylic acids is 1. The van der Waals surface area contributed by atoms with Gasteiger partial charge in [-0.15, -0.1) is 0 Å². The van der Waals surface area contributed by atoms with E-state index in [-0.39, 0.29) is 12.3 Å². The average molecular weight is 265 g/mol. The molecule has 5 heteroatoms. The molecule has 5 nitrogen and oxygen atoms in total. The van der Waals surface area contributed by atoms with E-state index in [9.17, 15) is 14.7 Å². The number of aryl methyl sites for hydroxylation is 1. The third-order valence-corrected chi connectivity index (χ3v) is 3.80. The summed E-state index contributed by atoms with van der Waals surface area (Å²) in [7, 11) is 0. The van der Waals surface area contributed by atoms with E-state index in [0.717, 1.165) is 31.4 Å². The summed E-state index contributed by atoms with van der Waals surface area (Å²) >= 11 is 0. The minimum absolute atomic E-state index is 0.0213. The minimum Gasteiger partial charge on any atom is -0.481 e. The van der Waals surface area contributed by atoms with E-state index in [1.54, 1.807) is 12.3 Å². The first-order chi connectivity index (χ1) is 9.09. The first-order valence-corrected chi connectivity index (χ1v) is 6.73. The van der Waals surface area contributed by atoms with Gasteiger partial charge < -0.3 is 14.8 Å². The summed E-state index contributed by atoms with van der Waals surface area (Å²) in [6, 6.07) is 1.59. The molecule has 0 unspecified atom stereocenters. The smallest absolute Gasteiger partial charge is 0.337 e. The Kier molecular flexibility index (Phi) is 4.24. The Morgan fingerprint density at radius 1 is 1.21 bits per heavy atom. The third kappa shape index (κ3) is 3.16. The Labute approximate surface area is 111 Å². The summed E-state index contributed by atoms with van der Waals surface area (Å²) in [4.78, 5) is 22.0. The van der Waals surface area contributed by atoms with Crippen molar-refractivity contribution in [1.82, 2.24) is 4.57 Å². The van der Waals surface area contributed by atoms with Crippen LogP contribution in [-0.4, -0.2) is 26.7 Å². The van der Waals surface area contributed by atoms with Crippen LogP contribution in [0.5, 0.6) is 0 Å². The molecule has 0 bridgehead atoms. The number of hydrogen-bond acceptors (Lipinski definition) is 2. The molecule has 1 aromatic rings. The second-order valence-electron chi connectivity index (χ2n) is 5.09. The number of carboxylic acids is 2. The van der Waals surface area contributed by atoms with Gasteiger partial charge in [0.1, 0.15) is 0 Å². The van der Waals surface area contributed by atoms with Crippen molar-refractivity contribution in [2.75, 3.05) is 0 Å². The van der Waals surface area contributed by atoms with Crippen LogP contribution in [0.1, 0.15) is 60.5 Å². The molecule has 1 heterocycles. The van der Waals surface area contributed by atoms with Crippen molar-refractivity contribution in [1.29, 1.82) is 0 Å². The van der Waals surface area contributed by atoms with Crippen molar-refractivity contribution < 1.29 is 19.8 Å². The zero-order valence-electron chi connectivity index (χ0n) is 10.8. The molecule has 0 saturated heterocycles. The predicted molar refractivity (Wildman–Crippen MR) is 69.5 cm³/mol. The lowest BCUT2D eigenvalue weighted by Crippen LogP contribution is -2.15. The number of hydrogen-bond donors (Lipinski definition) is 2. The van der Waals surface area contributed by atoms with Crippen LogP contribution in [0.4, 0.5) is 0 Å². The summed E-state index contributed by atoms with van der Waals surface area (Å²) in [5.74, 6) is -1.53. The summed E-state index contributed by atoms with van der Waals surface area (Å²) in [5, 5.41) is 18.0. The van der Waals surface area contributed by atoms with Crippen molar-refractivity contribution in [3.63, 3.8) is 0 Å². The first-order valence-electron chi connectivity index (χ1n) is 6.73. The fourth-order valence-electron chi connectivity index (χ4n) is 2.91. The number of aliphatic carboxylic acids is 1. The van der Waals surface area contributed by atoms with E-state index in [1.807, 2.05) is 4.57 Å². The monoisotopic (exact) mass is 265 g/mol. The standard InChI is InChI=1S/C14H19NO4/c16-12(17)7-9-15-8-6-11(14(18)19)13(15)10-4-2-1-3-5-10/h6,8,10H,1-5,7,9H2,(H,16,17)(H,18,19). The molecular weight excluding hydrogens is 246 g/mol. The van der Waals surface area contributed by atoms with Crippen molar-refractivity contribution in [2.24, 2.45) is 0 Å². The SMILES string of the molecule is O=C(O)CCn1ccc(C(=O)O)c1C1CCCCC1. The number of aromatic nitrogens is 1.